The first-order valence-corrected chi connectivity index (χ1v) is 10.3. The van der Waals surface area contributed by atoms with Gasteiger partial charge in [0.25, 0.3) is 0 Å². The van der Waals surface area contributed by atoms with Crippen LogP contribution in [0.15, 0.2) is 65.2 Å². The van der Waals surface area contributed by atoms with Crippen LogP contribution in [0.5, 0.6) is 0 Å². The highest BCUT2D eigenvalue weighted by Crippen LogP contribution is 2.36. The van der Waals surface area contributed by atoms with Gasteiger partial charge in [-0.05, 0) is 31.5 Å². The summed E-state index contributed by atoms with van der Waals surface area (Å²) in [5, 5.41) is 1.21. The molecule has 0 amide bonds. The van der Waals surface area contributed by atoms with Crippen LogP contribution in [0.2, 0.25) is 0 Å². The topological polar surface area (TPSA) is 42.2 Å². The lowest BCUT2D eigenvalue weighted by Gasteiger charge is -2.33. The fourth-order valence-electron chi connectivity index (χ4n) is 3.79. The van der Waals surface area contributed by atoms with Gasteiger partial charge < -0.3 is 4.42 Å². The molecule has 1 saturated heterocycles. The van der Waals surface area contributed by atoms with Crippen LogP contribution in [0.1, 0.15) is 36.2 Å². The van der Waals surface area contributed by atoms with Crippen molar-refractivity contribution in [1.29, 1.82) is 0 Å². The minimum atomic E-state index is 0.350. The van der Waals surface area contributed by atoms with Crippen LogP contribution in [0.25, 0.3) is 21.5 Å². The Morgan fingerprint density at radius 3 is 2.78 bits per heavy atom. The second-order valence-corrected chi connectivity index (χ2v) is 8.05. The van der Waals surface area contributed by atoms with E-state index >= 15 is 0 Å². The molecule has 1 aliphatic heterocycles. The van der Waals surface area contributed by atoms with Crippen molar-refractivity contribution in [3.05, 3.63) is 71.7 Å². The molecule has 0 aliphatic carbocycles. The Balaban J connectivity index is 1.39. The number of likely N-dealkylation sites (tertiary alicyclic amines) is 1. The van der Waals surface area contributed by atoms with Gasteiger partial charge in [-0.1, -0.05) is 48.9 Å². The molecule has 0 N–H and O–H groups in total. The molecule has 0 bridgehead atoms. The van der Waals surface area contributed by atoms with Gasteiger partial charge in [-0.25, -0.2) is 9.97 Å². The Hall–Kier alpha value is -2.50. The molecular formula is C22H21N3OS. The molecule has 0 radical (unpaired) electrons. The molecule has 4 nitrogen and oxygen atoms in total. The molecule has 5 heteroatoms. The molecule has 4 aromatic rings. The highest BCUT2D eigenvalue weighted by Gasteiger charge is 2.28. The zero-order chi connectivity index (χ0) is 18.1. The first kappa shape index (κ1) is 16.7. The average molecular weight is 375 g/mol. The van der Waals surface area contributed by atoms with Crippen molar-refractivity contribution in [2.45, 2.75) is 31.8 Å². The summed E-state index contributed by atoms with van der Waals surface area (Å²) in [5.41, 5.74) is 2.17. The first-order chi connectivity index (χ1) is 13.4. The van der Waals surface area contributed by atoms with Gasteiger partial charge in [-0.3, -0.25) is 4.90 Å². The van der Waals surface area contributed by atoms with Crippen molar-refractivity contribution in [3.8, 4) is 11.3 Å². The Morgan fingerprint density at radius 2 is 1.89 bits per heavy atom. The number of thiazole rings is 1. The smallest absolute Gasteiger partial charge is 0.209 e. The number of aromatic nitrogens is 2. The van der Waals surface area contributed by atoms with E-state index in [1.165, 1.54) is 22.5 Å². The summed E-state index contributed by atoms with van der Waals surface area (Å²) >= 11 is 1.82. The van der Waals surface area contributed by atoms with Crippen LogP contribution in [0.3, 0.4) is 0 Å². The third kappa shape index (κ3) is 3.40. The maximum absolute atomic E-state index is 6.05. The van der Waals surface area contributed by atoms with E-state index in [9.17, 15) is 0 Å². The fraction of sp³-hybridized carbons (Fsp3) is 0.273. The van der Waals surface area contributed by atoms with Gasteiger partial charge in [-0.2, -0.15) is 0 Å². The molecule has 1 aliphatic rings. The van der Waals surface area contributed by atoms with Gasteiger partial charge in [0.2, 0.25) is 5.89 Å². The molecule has 0 spiro atoms. The van der Waals surface area contributed by atoms with E-state index in [4.69, 9.17) is 9.40 Å². The molecule has 2 aromatic heterocycles. The van der Waals surface area contributed by atoms with Crippen LogP contribution < -0.4 is 0 Å². The quantitative estimate of drug-likeness (QED) is 0.460. The highest BCUT2D eigenvalue weighted by atomic mass is 32.1. The van der Waals surface area contributed by atoms with Gasteiger partial charge >= 0.3 is 0 Å². The van der Waals surface area contributed by atoms with Gasteiger partial charge in [0.15, 0.2) is 5.76 Å². The van der Waals surface area contributed by atoms with Gasteiger partial charge in [0.05, 0.1) is 29.0 Å². The van der Waals surface area contributed by atoms with Crippen LogP contribution >= 0.6 is 11.3 Å². The van der Waals surface area contributed by atoms with E-state index < -0.39 is 0 Å². The number of para-hydroxylation sites is 1. The number of piperidine rings is 1. The predicted octanol–water partition coefficient (Wildman–Crippen LogP) is 5.68. The molecule has 0 unspecified atom stereocenters. The van der Waals surface area contributed by atoms with Crippen LogP contribution in [-0.4, -0.2) is 21.4 Å². The van der Waals surface area contributed by atoms with Crippen molar-refractivity contribution >= 4 is 21.6 Å². The summed E-state index contributed by atoms with van der Waals surface area (Å²) < 4.78 is 7.31. The molecule has 0 saturated carbocycles. The molecule has 3 heterocycles. The summed E-state index contributed by atoms with van der Waals surface area (Å²) in [4.78, 5) is 11.9. The largest absolute Gasteiger partial charge is 0.439 e. The van der Waals surface area contributed by atoms with Gasteiger partial charge in [0.1, 0.15) is 5.01 Å². The number of hydrogen-bond donors (Lipinski definition) is 0. The number of benzene rings is 2. The summed E-state index contributed by atoms with van der Waals surface area (Å²) in [6.07, 6.45) is 5.44. The number of rotatable bonds is 4. The van der Waals surface area contributed by atoms with E-state index in [2.05, 4.69) is 46.3 Å². The fourth-order valence-corrected chi connectivity index (χ4v) is 4.92. The minimum absolute atomic E-state index is 0.350. The third-order valence-electron chi connectivity index (χ3n) is 5.16. The maximum atomic E-state index is 6.05. The van der Waals surface area contributed by atoms with E-state index in [0.29, 0.717) is 6.04 Å². The van der Waals surface area contributed by atoms with Gasteiger partial charge in [-0.15, -0.1) is 11.3 Å². The lowest BCUT2D eigenvalue weighted by Crippen LogP contribution is -2.32. The molecular weight excluding hydrogens is 354 g/mol. The van der Waals surface area contributed by atoms with Crippen molar-refractivity contribution in [1.82, 2.24) is 14.9 Å². The Bertz CT molecular complexity index is 1010. The molecule has 2 aromatic carbocycles. The summed E-state index contributed by atoms with van der Waals surface area (Å²) in [7, 11) is 0. The second kappa shape index (κ2) is 7.25. The predicted molar refractivity (Wildman–Crippen MR) is 109 cm³/mol. The average Bonchev–Trinajstić information content (AvgIpc) is 3.36. The number of oxazole rings is 1. The monoisotopic (exact) mass is 375 g/mol. The molecule has 1 fully saturated rings. The zero-order valence-electron chi connectivity index (χ0n) is 15.0. The summed E-state index contributed by atoms with van der Waals surface area (Å²) in [5.74, 6) is 1.61. The lowest BCUT2D eigenvalue weighted by molar-refractivity contribution is 0.128. The lowest BCUT2D eigenvalue weighted by atomic mass is 10.0. The van der Waals surface area contributed by atoms with Crippen LogP contribution in [0, 0.1) is 0 Å². The van der Waals surface area contributed by atoms with Crippen LogP contribution in [0.4, 0.5) is 0 Å². The number of hydrogen-bond acceptors (Lipinski definition) is 5. The molecule has 27 heavy (non-hydrogen) atoms. The Labute approximate surface area is 162 Å². The summed E-state index contributed by atoms with van der Waals surface area (Å²) in [6.45, 7) is 1.79. The van der Waals surface area contributed by atoms with E-state index in [-0.39, 0.29) is 0 Å². The van der Waals surface area contributed by atoms with Crippen LogP contribution in [-0.2, 0) is 6.54 Å². The van der Waals surface area contributed by atoms with Crippen molar-refractivity contribution < 1.29 is 4.42 Å². The molecule has 1 atom stereocenters. The maximum Gasteiger partial charge on any atom is 0.209 e. The van der Waals surface area contributed by atoms with Crippen molar-refractivity contribution in [3.63, 3.8) is 0 Å². The highest BCUT2D eigenvalue weighted by molar-refractivity contribution is 7.18. The second-order valence-electron chi connectivity index (χ2n) is 6.99. The van der Waals surface area contributed by atoms with E-state index in [0.717, 1.165) is 42.2 Å². The van der Waals surface area contributed by atoms with Crippen molar-refractivity contribution in [2.75, 3.05) is 6.54 Å². The normalized spacial score (nSPS) is 18.1. The third-order valence-corrected chi connectivity index (χ3v) is 6.30. The van der Waals surface area contributed by atoms with E-state index in [1.807, 2.05) is 35.7 Å². The SMILES string of the molecule is c1ccc(-c2cnc(CN3CCCC[C@@H]3c3nc4ccccc4s3)o2)cc1. The molecule has 5 rings (SSSR count). The summed E-state index contributed by atoms with van der Waals surface area (Å²) in [6, 6.07) is 18.9. The van der Waals surface area contributed by atoms with Gasteiger partial charge in [0, 0.05) is 5.56 Å². The van der Waals surface area contributed by atoms with Crippen molar-refractivity contribution in [2.24, 2.45) is 0 Å². The van der Waals surface area contributed by atoms with E-state index in [1.54, 1.807) is 0 Å². The standard InChI is InChI=1S/C22H21N3OS/c1-2-8-16(9-3-1)19-14-23-21(26-19)15-25-13-7-6-11-18(25)22-24-17-10-4-5-12-20(17)27-22/h1-5,8-10,12,14,18H,6-7,11,13,15H2/t18-/m1/s1. The Morgan fingerprint density at radius 1 is 1.04 bits per heavy atom. The molecule has 136 valence electrons. The zero-order valence-corrected chi connectivity index (χ0v) is 15.9. The number of fused-ring (bicyclic) bond motifs is 1. The Kier molecular flexibility index (Phi) is 4.47. The first-order valence-electron chi connectivity index (χ1n) is 9.46. The minimum Gasteiger partial charge on any atom is -0.439 e. The number of nitrogens with zero attached hydrogens (tertiary/aromatic N) is 3.